The van der Waals surface area contributed by atoms with Gasteiger partial charge in [0.2, 0.25) is 10.0 Å². The van der Waals surface area contributed by atoms with Gasteiger partial charge in [0, 0.05) is 26.2 Å². The van der Waals surface area contributed by atoms with Crippen LogP contribution in [0.5, 0.6) is 5.75 Å². The van der Waals surface area contributed by atoms with E-state index >= 15 is 0 Å². The number of rotatable bonds is 4. The maximum atomic E-state index is 12.8. The van der Waals surface area contributed by atoms with Crippen LogP contribution in [-0.2, 0) is 14.8 Å². The van der Waals surface area contributed by atoms with E-state index in [4.69, 9.17) is 4.74 Å². The van der Waals surface area contributed by atoms with Crippen LogP contribution in [0.25, 0.3) is 0 Å². The lowest BCUT2D eigenvalue weighted by atomic mass is 10.2. The Bertz CT molecular complexity index is 694. The highest BCUT2D eigenvalue weighted by Crippen LogP contribution is 2.25. The van der Waals surface area contributed by atoms with Gasteiger partial charge >= 0.3 is 6.09 Å². The molecule has 0 unspecified atom stereocenters. The molecule has 1 amide bonds. The van der Waals surface area contributed by atoms with Gasteiger partial charge in [0.05, 0.1) is 18.1 Å². The fraction of sp³-hybridized carbons (Fsp3) is 0.562. The van der Waals surface area contributed by atoms with E-state index in [2.05, 4.69) is 4.74 Å². The molecule has 1 fully saturated rings. The number of sulfonamides is 1. The van der Waals surface area contributed by atoms with E-state index in [1.165, 1.54) is 16.3 Å². The standard InChI is InChI=1S/C16H24N2O5S/c1-12(2)23-15-6-5-14(11-13(15)3)24(20,21)18-9-7-17(8-10-18)16(19)22-4/h5-6,11-12H,7-10H2,1-4H3. The largest absolute Gasteiger partial charge is 0.491 e. The van der Waals surface area contributed by atoms with E-state index in [9.17, 15) is 13.2 Å². The molecule has 0 aliphatic carbocycles. The summed E-state index contributed by atoms with van der Waals surface area (Å²) in [6.07, 6.45) is -0.407. The molecule has 0 saturated carbocycles. The van der Waals surface area contributed by atoms with E-state index in [0.29, 0.717) is 18.8 Å². The van der Waals surface area contributed by atoms with Gasteiger partial charge in [0.1, 0.15) is 5.75 Å². The lowest BCUT2D eigenvalue weighted by molar-refractivity contribution is 0.108. The highest BCUT2D eigenvalue weighted by atomic mass is 32.2. The smallest absolute Gasteiger partial charge is 0.409 e. The molecule has 1 heterocycles. The van der Waals surface area contributed by atoms with Crippen molar-refractivity contribution in [3.05, 3.63) is 23.8 Å². The molecule has 0 aromatic heterocycles. The number of methoxy groups -OCH3 is 1. The summed E-state index contributed by atoms with van der Waals surface area (Å²) in [6, 6.07) is 4.87. The van der Waals surface area contributed by atoms with Gasteiger partial charge in [0.25, 0.3) is 0 Å². The number of nitrogens with zero attached hydrogens (tertiary/aromatic N) is 2. The van der Waals surface area contributed by atoms with Crippen molar-refractivity contribution in [2.75, 3.05) is 33.3 Å². The highest BCUT2D eigenvalue weighted by molar-refractivity contribution is 7.89. The molecule has 0 radical (unpaired) electrons. The van der Waals surface area contributed by atoms with Crippen LogP contribution in [-0.4, -0.2) is 63.1 Å². The molecule has 1 aliphatic heterocycles. The Morgan fingerprint density at radius 2 is 1.79 bits per heavy atom. The van der Waals surface area contributed by atoms with E-state index in [0.717, 1.165) is 5.56 Å². The third kappa shape index (κ3) is 3.99. The average molecular weight is 356 g/mol. The summed E-state index contributed by atoms with van der Waals surface area (Å²) in [4.78, 5) is 13.2. The van der Waals surface area contributed by atoms with Crippen molar-refractivity contribution in [3.8, 4) is 5.75 Å². The van der Waals surface area contributed by atoms with Crippen LogP contribution in [0.15, 0.2) is 23.1 Å². The SMILES string of the molecule is COC(=O)N1CCN(S(=O)(=O)c2ccc(OC(C)C)c(C)c2)CC1. The molecule has 24 heavy (non-hydrogen) atoms. The van der Waals surface area contributed by atoms with Gasteiger partial charge in [-0.05, 0) is 44.5 Å². The molecule has 0 N–H and O–H groups in total. The Morgan fingerprint density at radius 3 is 2.29 bits per heavy atom. The average Bonchev–Trinajstić information content (AvgIpc) is 2.55. The molecular formula is C16H24N2O5S. The van der Waals surface area contributed by atoms with E-state index in [1.807, 2.05) is 20.8 Å². The summed E-state index contributed by atoms with van der Waals surface area (Å²) in [7, 11) is -2.27. The highest BCUT2D eigenvalue weighted by Gasteiger charge is 2.30. The Kier molecular flexibility index (Phi) is 5.71. The Hall–Kier alpha value is -1.80. The number of carbonyl (C=O) groups is 1. The molecule has 0 atom stereocenters. The molecule has 1 aromatic rings. The van der Waals surface area contributed by atoms with E-state index in [1.54, 1.807) is 18.2 Å². The van der Waals surface area contributed by atoms with E-state index in [-0.39, 0.29) is 24.1 Å². The number of carbonyl (C=O) groups excluding carboxylic acids is 1. The second-order valence-electron chi connectivity index (χ2n) is 5.96. The fourth-order valence-electron chi connectivity index (χ4n) is 2.56. The van der Waals surface area contributed by atoms with Crippen molar-refractivity contribution < 1.29 is 22.7 Å². The van der Waals surface area contributed by atoms with Crippen molar-refractivity contribution in [3.63, 3.8) is 0 Å². The zero-order chi connectivity index (χ0) is 17.9. The minimum Gasteiger partial charge on any atom is -0.491 e. The van der Waals surface area contributed by atoms with Crippen molar-refractivity contribution in [2.24, 2.45) is 0 Å². The van der Waals surface area contributed by atoms with Gasteiger partial charge in [-0.3, -0.25) is 0 Å². The normalized spacial score (nSPS) is 16.3. The molecule has 2 rings (SSSR count). The van der Waals surface area contributed by atoms with Gasteiger partial charge in [0.15, 0.2) is 0 Å². The second kappa shape index (κ2) is 7.40. The third-order valence-electron chi connectivity index (χ3n) is 3.82. The van der Waals surface area contributed by atoms with Crippen LogP contribution in [0.3, 0.4) is 0 Å². The minimum atomic E-state index is -3.59. The number of piperazine rings is 1. The number of benzene rings is 1. The maximum Gasteiger partial charge on any atom is 0.409 e. The van der Waals surface area contributed by atoms with Gasteiger partial charge in [-0.15, -0.1) is 0 Å². The summed E-state index contributed by atoms with van der Waals surface area (Å²) in [5.74, 6) is 0.680. The van der Waals surface area contributed by atoms with Crippen LogP contribution >= 0.6 is 0 Å². The zero-order valence-corrected chi connectivity index (χ0v) is 15.3. The zero-order valence-electron chi connectivity index (χ0n) is 14.5. The van der Waals surface area contributed by atoms with Crippen molar-refractivity contribution >= 4 is 16.1 Å². The van der Waals surface area contributed by atoms with Crippen molar-refractivity contribution in [1.29, 1.82) is 0 Å². The molecule has 134 valence electrons. The summed E-state index contributed by atoms with van der Waals surface area (Å²) in [5.41, 5.74) is 0.776. The second-order valence-corrected chi connectivity index (χ2v) is 7.89. The van der Waals surface area contributed by atoms with Gasteiger partial charge in [-0.1, -0.05) is 0 Å². The molecular weight excluding hydrogens is 332 g/mol. The van der Waals surface area contributed by atoms with Gasteiger partial charge in [-0.25, -0.2) is 13.2 Å². The van der Waals surface area contributed by atoms with Crippen LogP contribution in [0.4, 0.5) is 4.79 Å². The predicted molar refractivity (Wildman–Crippen MR) is 89.7 cm³/mol. The maximum absolute atomic E-state index is 12.8. The first-order valence-electron chi connectivity index (χ1n) is 7.86. The first kappa shape index (κ1) is 18.5. The molecule has 8 heteroatoms. The topological polar surface area (TPSA) is 76.2 Å². The molecule has 1 saturated heterocycles. The Balaban J connectivity index is 2.14. The number of amides is 1. The minimum absolute atomic E-state index is 0.0255. The summed E-state index contributed by atoms with van der Waals surface area (Å²) >= 11 is 0. The fourth-order valence-corrected chi connectivity index (χ4v) is 4.07. The van der Waals surface area contributed by atoms with Crippen LogP contribution in [0.2, 0.25) is 0 Å². The molecule has 1 aromatic carbocycles. The molecule has 0 spiro atoms. The van der Waals surface area contributed by atoms with Crippen LogP contribution < -0.4 is 4.74 Å². The summed E-state index contributed by atoms with van der Waals surface area (Å²) in [5, 5.41) is 0. The van der Waals surface area contributed by atoms with Crippen molar-refractivity contribution in [1.82, 2.24) is 9.21 Å². The van der Waals surface area contributed by atoms with Crippen molar-refractivity contribution in [2.45, 2.75) is 31.8 Å². The molecule has 0 bridgehead atoms. The first-order valence-corrected chi connectivity index (χ1v) is 9.30. The summed E-state index contributed by atoms with van der Waals surface area (Å²) < 4.78 is 37.2. The van der Waals surface area contributed by atoms with Crippen LogP contribution in [0, 0.1) is 6.92 Å². The number of aryl methyl sites for hydroxylation is 1. The monoisotopic (exact) mass is 356 g/mol. The first-order chi connectivity index (χ1) is 11.3. The lowest BCUT2D eigenvalue weighted by Gasteiger charge is -2.33. The quantitative estimate of drug-likeness (QED) is 0.823. The van der Waals surface area contributed by atoms with Gasteiger partial charge < -0.3 is 14.4 Å². The van der Waals surface area contributed by atoms with E-state index < -0.39 is 16.1 Å². The molecule has 7 nitrogen and oxygen atoms in total. The predicted octanol–water partition coefficient (Wildman–Crippen LogP) is 1.85. The lowest BCUT2D eigenvalue weighted by Crippen LogP contribution is -2.50. The third-order valence-corrected chi connectivity index (χ3v) is 5.71. The van der Waals surface area contributed by atoms with Crippen LogP contribution in [0.1, 0.15) is 19.4 Å². The Morgan fingerprint density at radius 1 is 1.17 bits per heavy atom. The molecule has 1 aliphatic rings. The summed E-state index contributed by atoms with van der Waals surface area (Å²) in [6.45, 7) is 6.81. The number of hydrogen-bond acceptors (Lipinski definition) is 5. The number of ether oxygens (including phenoxy) is 2. The number of hydrogen-bond donors (Lipinski definition) is 0. The Labute approximate surface area is 143 Å². The van der Waals surface area contributed by atoms with Gasteiger partial charge in [-0.2, -0.15) is 4.31 Å².